The SMILES string of the molecule is CCOC(=O)C1CCN(Cc2cc3ccccc3n2-c2ccc(C)cc2)CC1. The molecule has 0 spiro atoms. The van der Waals surface area contributed by atoms with Gasteiger partial charge in [0.1, 0.15) is 0 Å². The van der Waals surface area contributed by atoms with E-state index in [-0.39, 0.29) is 11.9 Å². The van der Waals surface area contributed by atoms with Crippen LogP contribution in [0.25, 0.3) is 16.6 Å². The van der Waals surface area contributed by atoms with Crippen LogP contribution in [-0.4, -0.2) is 35.1 Å². The summed E-state index contributed by atoms with van der Waals surface area (Å²) in [5, 5.41) is 1.26. The number of esters is 1. The van der Waals surface area contributed by atoms with Crippen molar-refractivity contribution in [1.29, 1.82) is 0 Å². The number of nitrogens with zero attached hydrogens (tertiary/aromatic N) is 2. The molecule has 0 amide bonds. The van der Waals surface area contributed by atoms with Gasteiger partial charge < -0.3 is 9.30 Å². The normalized spacial score (nSPS) is 15.8. The number of hydrogen-bond acceptors (Lipinski definition) is 3. The Bertz CT molecular complexity index is 950. The van der Waals surface area contributed by atoms with Gasteiger partial charge in [-0.05, 0) is 64.0 Å². The van der Waals surface area contributed by atoms with Crippen LogP contribution in [0.5, 0.6) is 0 Å². The summed E-state index contributed by atoms with van der Waals surface area (Å²) in [6.45, 7) is 7.20. The van der Waals surface area contributed by atoms with Gasteiger partial charge in [-0.25, -0.2) is 0 Å². The molecule has 0 atom stereocenters. The average Bonchev–Trinajstić information content (AvgIpc) is 3.07. The van der Waals surface area contributed by atoms with Crippen LogP contribution >= 0.6 is 0 Å². The molecule has 4 nitrogen and oxygen atoms in total. The highest BCUT2D eigenvalue weighted by Crippen LogP contribution is 2.27. The predicted molar refractivity (Wildman–Crippen MR) is 113 cm³/mol. The molecule has 4 heteroatoms. The van der Waals surface area contributed by atoms with Crippen LogP contribution < -0.4 is 0 Å². The average molecular weight is 377 g/mol. The Labute approximate surface area is 166 Å². The molecule has 0 saturated carbocycles. The molecule has 2 aromatic carbocycles. The van der Waals surface area contributed by atoms with E-state index in [0.717, 1.165) is 32.5 Å². The van der Waals surface area contributed by atoms with Crippen LogP contribution in [0, 0.1) is 12.8 Å². The van der Waals surface area contributed by atoms with Gasteiger partial charge in [0.2, 0.25) is 0 Å². The smallest absolute Gasteiger partial charge is 0.309 e. The molecule has 1 aliphatic heterocycles. The molecule has 0 bridgehead atoms. The second kappa shape index (κ2) is 8.19. The van der Waals surface area contributed by atoms with Gasteiger partial charge in [-0.2, -0.15) is 0 Å². The van der Waals surface area contributed by atoms with Crippen molar-refractivity contribution in [3.05, 3.63) is 65.9 Å². The first kappa shape index (κ1) is 18.8. The Kier molecular flexibility index (Phi) is 5.49. The van der Waals surface area contributed by atoms with Crippen molar-refractivity contribution in [3.8, 4) is 5.69 Å². The van der Waals surface area contributed by atoms with Gasteiger partial charge in [-0.15, -0.1) is 0 Å². The lowest BCUT2D eigenvalue weighted by molar-refractivity contribution is -0.149. The van der Waals surface area contributed by atoms with Crippen LogP contribution in [0.4, 0.5) is 0 Å². The van der Waals surface area contributed by atoms with E-state index in [2.05, 4.69) is 71.0 Å². The fourth-order valence-electron chi connectivity index (χ4n) is 4.14. The van der Waals surface area contributed by atoms with Crippen LogP contribution in [-0.2, 0) is 16.1 Å². The second-order valence-corrected chi connectivity index (χ2v) is 7.67. The molecule has 0 radical (unpaired) electrons. The van der Waals surface area contributed by atoms with Crippen LogP contribution in [0.15, 0.2) is 54.6 Å². The topological polar surface area (TPSA) is 34.5 Å². The monoisotopic (exact) mass is 376 g/mol. The fourth-order valence-corrected chi connectivity index (χ4v) is 4.14. The molecule has 28 heavy (non-hydrogen) atoms. The molecule has 0 N–H and O–H groups in total. The molecule has 1 aromatic heterocycles. The zero-order valence-electron chi connectivity index (χ0n) is 16.7. The van der Waals surface area contributed by atoms with Gasteiger partial charge in [0.05, 0.1) is 18.0 Å². The lowest BCUT2D eigenvalue weighted by Crippen LogP contribution is -2.36. The highest BCUT2D eigenvalue weighted by atomic mass is 16.5. The summed E-state index contributed by atoms with van der Waals surface area (Å²) < 4.78 is 7.57. The van der Waals surface area contributed by atoms with E-state index in [1.165, 1.54) is 27.8 Å². The summed E-state index contributed by atoms with van der Waals surface area (Å²) in [7, 11) is 0. The number of rotatable bonds is 5. The second-order valence-electron chi connectivity index (χ2n) is 7.67. The molecule has 1 fully saturated rings. The van der Waals surface area contributed by atoms with Gasteiger partial charge in [0.15, 0.2) is 0 Å². The van der Waals surface area contributed by atoms with E-state index in [1.54, 1.807) is 0 Å². The predicted octanol–water partition coefficient (Wildman–Crippen LogP) is 4.71. The molecule has 146 valence electrons. The van der Waals surface area contributed by atoms with Gasteiger partial charge in [0, 0.05) is 23.3 Å². The summed E-state index contributed by atoms with van der Waals surface area (Å²) in [5.41, 5.74) is 4.99. The molecule has 1 saturated heterocycles. The molecule has 4 rings (SSSR count). The summed E-state index contributed by atoms with van der Waals surface area (Å²) in [6, 6.07) is 19.6. The summed E-state index contributed by atoms with van der Waals surface area (Å²) in [5.74, 6) is 0.0232. The van der Waals surface area contributed by atoms with Crippen molar-refractivity contribution in [2.24, 2.45) is 5.92 Å². The Morgan fingerprint density at radius 1 is 1.07 bits per heavy atom. The summed E-state index contributed by atoms with van der Waals surface area (Å²) in [4.78, 5) is 14.5. The number of para-hydroxylation sites is 1. The van der Waals surface area contributed by atoms with E-state index in [0.29, 0.717) is 6.61 Å². The number of piperidine rings is 1. The molecule has 0 aliphatic carbocycles. The number of aryl methyl sites for hydroxylation is 1. The molecule has 3 aromatic rings. The van der Waals surface area contributed by atoms with Crippen LogP contribution in [0.3, 0.4) is 0 Å². The summed E-state index contributed by atoms with van der Waals surface area (Å²) in [6.07, 6.45) is 1.76. The number of aromatic nitrogens is 1. The minimum absolute atomic E-state index is 0.0316. The van der Waals surface area contributed by atoms with Crippen molar-refractivity contribution in [1.82, 2.24) is 9.47 Å². The third-order valence-corrected chi connectivity index (χ3v) is 5.67. The standard InChI is InChI=1S/C24H28N2O2/c1-3-28-24(27)19-12-14-25(15-13-19)17-22-16-20-6-4-5-7-23(20)26(22)21-10-8-18(2)9-11-21/h4-11,16,19H,3,12-15,17H2,1-2H3. The Hall–Kier alpha value is -2.59. The third-order valence-electron chi connectivity index (χ3n) is 5.67. The van der Waals surface area contributed by atoms with E-state index >= 15 is 0 Å². The van der Waals surface area contributed by atoms with E-state index in [1.807, 2.05) is 6.92 Å². The quantitative estimate of drug-likeness (QED) is 0.605. The van der Waals surface area contributed by atoms with Crippen molar-refractivity contribution < 1.29 is 9.53 Å². The molecule has 0 unspecified atom stereocenters. The van der Waals surface area contributed by atoms with Crippen molar-refractivity contribution in [2.75, 3.05) is 19.7 Å². The van der Waals surface area contributed by atoms with Crippen LogP contribution in [0.2, 0.25) is 0 Å². The first-order valence-corrected chi connectivity index (χ1v) is 10.2. The van der Waals surface area contributed by atoms with E-state index < -0.39 is 0 Å². The maximum Gasteiger partial charge on any atom is 0.309 e. The highest BCUT2D eigenvalue weighted by molar-refractivity contribution is 5.83. The number of benzene rings is 2. The number of carbonyl (C=O) groups excluding carboxylic acids is 1. The maximum atomic E-state index is 12.0. The Morgan fingerprint density at radius 3 is 2.50 bits per heavy atom. The van der Waals surface area contributed by atoms with Gasteiger partial charge >= 0.3 is 5.97 Å². The zero-order chi connectivity index (χ0) is 19.5. The van der Waals surface area contributed by atoms with E-state index in [4.69, 9.17) is 4.74 Å². The molecule has 1 aliphatic rings. The Balaban J connectivity index is 1.57. The Morgan fingerprint density at radius 2 is 1.79 bits per heavy atom. The minimum Gasteiger partial charge on any atom is -0.466 e. The number of likely N-dealkylation sites (tertiary alicyclic amines) is 1. The number of fused-ring (bicyclic) bond motifs is 1. The summed E-state index contributed by atoms with van der Waals surface area (Å²) >= 11 is 0. The first-order valence-electron chi connectivity index (χ1n) is 10.2. The number of ether oxygens (including phenoxy) is 1. The molecular formula is C24H28N2O2. The lowest BCUT2D eigenvalue weighted by Gasteiger charge is -2.31. The van der Waals surface area contributed by atoms with Crippen molar-refractivity contribution >= 4 is 16.9 Å². The molecule has 2 heterocycles. The molecular weight excluding hydrogens is 348 g/mol. The van der Waals surface area contributed by atoms with Crippen molar-refractivity contribution in [2.45, 2.75) is 33.2 Å². The van der Waals surface area contributed by atoms with Crippen molar-refractivity contribution in [3.63, 3.8) is 0 Å². The lowest BCUT2D eigenvalue weighted by atomic mass is 9.97. The number of hydrogen-bond donors (Lipinski definition) is 0. The van der Waals surface area contributed by atoms with Gasteiger partial charge in [0.25, 0.3) is 0 Å². The fraction of sp³-hybridized carbons (Fsp3) is 0.375. The number of carbonyl (C=O) groups is 1. The maximum absolute atomic E-state index is 12.0. The largest absolute Gasteiger partial charge is 0.466 e. The minimum atomic E-state index is -0.0316. The third kappa shape index (κ3) is 3.83. The van der Waals surface area contributed by atoms with Crippen LogP contribution in [0.1, 0.15) is 31.0 Å². The highest BCUT2D eigenvalue weighted by Gasteiger charge is 2.26. The van der Waals surface area contributed by atoms with Gasteiger partial charge in [-0.3, -0.25) is 9.69 Å². The zero-order valence-corrected chi connectivity index (χ0v) is 16.7. The van der Waals surface area contributed by atoms with E-state index in [9.17, 15) is 4.79 Å². The first-order chi connectivity index (χ1) is 13.7. The van der Waals surface area contributed by atoms with Gasteiger partial charge in [-0.1, -0.05) is 35.9 Å².